The topological polar surface area (TPSA) is 129 Å². The summed E-state index contributed by atoms with van der Waals surface area (Å²) in [7, 11) is 0. The first kappa shape index (κ1) is 61.0. The lowest BCUT2D eigenvalue weighted by Gasteiger charge is -2.35. The van der Waals surface area contributed by atoms with E-state index in [1.807, 2.05) is 24.3 Å². The van der Waals surface area contributed by atoms with E-state index in [1.165, 1.54) is 41.5 Å². The number of allylic oxidation sites excluding steroid dienone is 5. The molecule has 2 aromatic carbocycles. The van der Waals surface area contributed by atoms with E-state index in [4.69, 9.17) is 88.6 Å². The second kappa shape index (κ2) is 27.1. The normalized spacial score (nSPS) is 20.9. The molecule has 72 heavy (non-hydrogen) atoms. The highest BCUT2D eigenvalue weighted by Gasteiger charge is 2.86. The van der Waals surface area contributed by atoms with E-state index in [-0.39, 0.29) is 48.2 Å². The molecule has 2 fully saturated rings. The highest BCUT2D eigenvalue weighted by Crippen LogP contribution is 2.76. The van der Waals surface area contributed by atoms with Gasteiger partial charge in [-0.3, -0.25) is 29.0 Å². The number of rotatable bonds is 24. The number of fused-ring (bicyclic) bond motifs is 2. The zero-order chi connectivity index (χ0) is 54.2. The number of halogens is 6. The summed E-state index contributed by atoms with van der Waals surface area (Å²) >= 11 is 38.3. The molecule has 1 heterocycles. The van der Waals surface area contributed by atoms with Gasteiger partial charge in [-0.25, -0.2) is 4.79 Å². The van der Waals surface area contributed by atoms with Crippen LogP contribution in [0.3, 0.4) is 0 Å². The van der Waals surface area contributed by atoms with Crippen LogP contribution in [0.2, 0.25) is 0 Å². The molecule has 2 aromatic rings. The molecular weight excluding hydrogens is 1050 g/mol. The first-order valence-electron chi connectivity index (χ1n) is 22.4. The number of alkyl halides is 4. The predicted molar refractivity (Wildman–Crippen MR) is 291 cm³/mol. The third kappa shape index (κ3) is 12.4. The van der Waals surface area contributed by atoms with Gasteiger partial charge in [-0.2, -0.15) is 0 Å². The molecule has 0 spiro atoms. The molecule has 1 aliphatic heterocycles. The summed E-state index contributed by atoms with van der Waals surface area (Å²) in [6.07, 6.45) is 16.1. The smallest absolute Gasteiger partial charge is 0.334 e. The zero-order valence-corrected chi connectivity index (χ0v) is 45.0. The number of hydrogen-bond donors (Lipinski definition) is 0. The van der Waals surface area contributed by atoms with Crippen molar-refractivity contribution in [2.75, 3.05) is 39.5 Å². The Morgan fingerprint density at radius 3 is 1.28 bits per heavy atom. The van der Waals surface area contributed by atoms with Gasteiger partial charge in [-0.15, -0.1) is 56.1 Å². The van der Waals surface area contributed by atoms with Crippen molar-refractivity contribution in [3.05, 3.63) is 183 Å². The number of carbonyl (C=O) groups excluding carboxylic acids is 5. The Hall–Kier alpha value is -5.27. The summed E-state index contributed by atoms with van der Waals surface area (Å²) in [5.74, 6) is -4.72. The molecule has 1 saturated carbocycles. The number of imide groups is 2. The first-order chi connectivity index (χ1) is 34.1. The fraction of sp³-hybridized carbons (Fsp3) is 0.327. The summed E-state index contributed by atoms with van der Waals surface area (Å²) < 4.78 is 19.6. The van der Waals surface area contributed by atoms with Crippen molar-refractivity contribution in [3.63, 3.8) is 0 Å². The zero-order valence-electron chi connectivity index (χ0n) is 40.5. The lowest BCUT2D eigenvalue weighted by Crippen LogP contribution is -2.59. The summed E-state index contributed by atoms with van der Waals surface area (Å²) in [6.45, 7) is 38.0. The van der Waals surface area contributed by atoms with Gasteiger partial charge in [0.15, 0.2) is 4.33 Å². The molecule has 1 saturated heterocycles. The Kier molecular flexibility index (Phi) is 23.0. The highest BCUT2D eigenvalue weighted by molar-refractivity contribution is 6.66. The highest BCUT2D eigenvalue weighted by atomic mass is 35.5. The number of nitrogens with zero attached hydrogens (tertiary/aromatic N) is 2. The lowest BCUT2D eigenvalue weighted by atomic mass is 9.77. The van der Waals surface area contributed by atoms with Crippen LogP contribution in [-0.4, -0.2) is 93.2 Å². The van der Waals surface area contributed by atoms with Gasteiger partial charge in [0.05, 0.1) is 21.9 Å². The number of carbonyl (C=O) groups is 5. The molecule has 4 unspecified atom stereocenters. The van der Waals surface area contributed by atoms with E-state index in [1.54, 1.807) is 12.2 Å². The third-order valence-corrected chi connectivity index (χ3v) is 16.0. The van der Waals surface area contributed by atoms with Crippen molar-refractivity contribution < 1.29 is 42.9 Å². The molecule has 5 rings (SSSR count). The molecular formula is C55H60Cl6N2O9. The number of ether oxygens (including phenoxy) is 4. The van der Waals surface area contributed by atoms with Crippen LogP contribution in [0.15, 0.2) is 160 Å². The number of benzene rings is 2. The fourth-order valence-corrected chi connectivity index (χ4v) is 11.1. The largest absolute Gasteiger partial charge is 0.489 e. The fourth-order valence-electron chi connectivity index (χ4n) is 8.13. The Labute approximate surface area is 453 Å². The molecule has 4 amide bonds. The minimum absolute atomic E-state index is 0.0895. The maximum Gasteiger partial charge on any atom is 0.334 e. The van der Waals surface area contributed by atoms with Gasteiger partial charge < -0.3 is 18.9 Å². The molecule has 2 bridgehead atoms. The number of hydrogen-bond acceptors (Lipinski definition) is 9. The number of esters is 2. The third-order valence-electron chi connectivity index (χ3n) is 11.8. The van der Waals surface area contributed by atoms with Crippen LogP contribution < -0.4 is 9.47 Å². The van der Waals surface area contributed by atoms with Crippen LogP contribution in [0, 0.1) is 17.8 Å². The average molecular weight is 1110 g/mol. The van der Waals surface area contributed by atoms with Crippen LogP contribution in [0.1, 0.15) is 42.5 Å². The van der Waals surface area contributed by atoms with Gasteiger partial charge in [-0.05, 0) is 53.6 Å². The molecule has 17 heteroatoms. The van der Waals surface area contributed by atoms with Crippen molar-refractivity contribution in [2.45, 2.75) is 52.6 Å². The minimum Gasteiger partial charge on any atom is -0.489 e. The average Bonchev–Trinajstić information content (AvgIpc) is 3.56. The molecule has 0 radical (unpaired) electrons. The quantitative estimate of drug-likeness (QED) is 0.0437. The van der Waals surface area contributed by atoms with Crippen LogP contribution in [0.4, 0.5) is 4.79 Å². The first-order valence-corrected chi connectivity index (χ1v) is 24.7. The monoisotopic (exact) mass is 1100 g/mol. The van der Waals surface area contributed by atoms with Crippen LogP contribution in [-0.2, 0) is 46.9 Å². The van der Waals surface area contributed by atoms with Gasteiger partial charge in [0.25, 0.3) is 0 Å². The molecule has 0 aromatic heterocycles. The molecule has 3 aliphatic rings. The Balaban J connectivity index is 0.000000293. The van der Waals surface area contributed by atoms with Gasteiger partial charge in [-0.1, -0.05) is 166 Å². The van der Waals surface area contributed by atoms with Gasteiger partial charge in [0.2, 0.25) is 11.8 Å². The Bertz CT molecular complexity index is 2300. The maximum absolute atomic E-state index is 12.6. The van der Waals surface area contributed by atoms with Crippen molar-refractivity contribution in [1.29, 1.82) is 0 Å². The Morgan fingerprint density at radius 1 is 0.583 bits per heavy atom. The summed E-state index contributed by atoms with van der Waals surface area (Å²) in [4.78, 5) is 59.3. The minimum atomic E-state index is -2.08. The number of urea groups is 1. The van der Waals surface area contributed by atoms with E-state index in [0.29, 0.717) is 13.2 Å². The second-order valence-electron chi connectivity index (χ2n) is 16.7. The summed E-state index contributed by atoms with van der Waals surface area (Å²) in [6, 6.07) is 12.2. The molecule has 2 aliphatic carbocycles. The van der Waals surface area contributed by atoms with E-state index in [2.05, 4.69) is 97.3 Å². The van der Waals surface area contributed by atoms with E-state index in [0.717, 1.165) is 45.3 Å². The molecule has 0 N–H and O–H groups in total. The van der Waals surface area contributed by atoms with Gasteiger partial charge in [0.1, 0.15) is 53.6 Å². The second-order valence-corrected chi connectivity index (χ2v) is 20.0. The van der Waals surface area contributed by atoms with Gasteiger partial charge >= 0.3 is 18.0 Å². The van der Waals surface area contributed by atoms with Crippen molar-refractivity contribution in [1.82, 2.24) is 9.80 Å². The Morgan fingerprint density at radius 2 is 0.958 bits per heavy atom. The van der Waals surface area contributed by atoms with Crippen molar-refractivity contribution in [2.24, 2.45) is 17.8 Å². The van der Waals surface area contributed by atoms with Crippen molar-refractivity contribution >= 4 is 99.4 Å². The van der Waals surface area contributed by atoms with E-state index < -0.39 is 61.6 Å². The standard InChI is InChI=1S/C27H32O2.C15H12Cl6O4.C13H16N2O3/c1-7-11-21-19-23(13-15-25(21)28-17-9-3)27(5,6)24-14-16-26(29-18-10-4)22(20-24)12-8-2;1-3-5-24-11(22)7-8(12(23)25-6-4-2)14(19)10(17)9(16)13(7,18)15(14,20)21;1-4-7-10-11(16)14(8-5-2)13(18)15(9-6-3)12(10)17/h7-10,13-16,19-20H,1-4,11-12,17-18H2,5-6H3;3-4,7-8H,1-2,5-6H2;4-6,10H,1-3,7-9H2. The van der Waals surface area contributed by atoms with Crippen LogP contribution in [0.25, 0.3) is 0 Å². The molecule has 386 valence electrons. The van der Waals surface area contributed by atoms with Crippen LogP contribution >= 0.6 is 69.6 Å². The summed E-state index contributed by atoms with van der Waals surface area (Å²) in [5.41, 5.74) is 4.53. The molecule has 11 nitrogen and oxygen atoms in total. The van der Waals surface area contributed by atoms with Crippen molar-refractivity contribution in [3.8, 4) is 11.5 Å². The summed E-state index contributed by atoms with van der Waals surface area (Å²) in [5, 5.41) is -0.437. The maximum atomic E-state index is 12.6. The van der Waals surface area contributed by atoms with Gasteiger partial charge in [0, 0.05) is 18.5 Å². The van der Waals surface area contributed by atoms with Crippen LogP contribution in [0.5, 0.6) is 11.5 Å². The van der Waals surface area contributed by atoms with E-state index >= 15 is 0 Å². The molecule has 4 atom stereocenters. The SMILES string of the molecule is C=CCC1C(=O)N(CC=C)C(=O)N(CC=C)C1=O.C=CCOC(=O)C1C(C(=O)OCC=C)C2(Cl)C(Cl)=C(Cl)C1(Cl)C2(Cl)Cl.C=CCOc1ccc(C(C)(C)c2ccc(OCC=C)c(CC=C)c2)cc1CC=C. The number of amides is 4. The predicted octanol–water partition coefficient (Wildman–Crippen LogP) is 12.5. The lowest BCUT2D eigenvalue weighted by molar-refractivity contribution is -0.159. The number of barbiturate groups is 1. The van der Waals surface area contributed by atoms with E-state index in [9.17, 15) is 24.0 Å².